The molecule has 0 atom stereocenters. The second-order valence-corrected chi connectivity index (χ2v) is 8.59. The van der Waals surface area contributed by atoms with Gasteiger partial charge in [-0.1, -0.05) is 29.4 Å². The monoisotopic (exact) mass is 387 g/mol. The minimum absolute atomic E-state index is 0.0631. The summed E-state index contributed by atoms with van der Waals surface area (Å²) in [6, 6.07) is 1.91. The van der Waals surface area contributed by atoms with E-state index in [0.29, 0.717) is 12.3 Å². The Morgan fingerprint density at radius 2 is 2.23 bits per heavy atom. The van der Waals surface area contributed by atoms with Crippen LogP contribution in [0.5, 0.6) is 0 Å². The first-order chi connectivity index (χ1) is 12.7. The number of allylic oxidation sites excluding steroid dienone is 1. The quantitative estimate of drug-likeness (QED) is 0.279. The van der Waals surface area contributed by atoms with E-state index in [1.54, 1.807) is 22.0 Å². The van der Waals surface area contributed by atoms with E-state index < -0.39 is 0 Å². The molecule has 26 heavy (non-hydrogen) atoms. The number of aromatic nitrogens is 3. The van der Waals surface area contributed by atoms with Gasteiger partial charge in [0.05, 0.1) is 11.1 Å². The van der Waals surface area contributed by atoms with Gasteiger partial charge in [0.15, 0.2) is 5.16 Å². The Bertz CT molecular complexity index is 1020. The molecule has 0 saturated heterocycles. The van der Waals surface area contributed by atoms with Crippen molar-refractivity contribution in [3.05, 3.63) is 51.0 Å². The SMILES string of the molecule is C=CCn1c(SCc2cc(C)on2)nc2sc3c(c2c1=O)CCCCC3. The summed E-state index contributed by atoms with van der Waals surface area (Å²) in [5.41, 5.74) is 2.16. The Labute approximate surface area is 160 Å². The van der Waals surface area contributed by atoms with Gasteiger partial charge in [-0.05, 0) is 38.2 Å². The van der Waals surface area contributed by atoms with E-state index in [9.17, 15) is 4.79 Å². The van der Waals surface area contributed by atoms with Crippen LogP contribution in [0.4, 0.5) is 0 Å². The van der Waals surface area contributed by atoms with Crippen LogP contribution < -0.4 is 5.56 Å². The molecular formula is C19H21N3O2S2. The number of rotatable bonds is 5. The van der Waals surface area contributed by atoms with Gasteiger partial charge in [-0.2, -0.15) is 0 Å². The molecule has 1 aliphatic rings. The highest BCUT2D eigenvalue weighted by atomic mass is 32.2. The average Bonchev–Trinajstić information content (AvgIpc) is 3.12. The molecule has 0 bridgehead atoms. The molecule has 0 amide bonds. The second kappa shape index (κ2) is 7.40. The van der Waals surface area contributed by atoms with E-state index in [2.05, 4.69) is 11.7 Å². The average molecular weight is 388 g/mol. The minimum atomic E-state index is 0.0631. The third kappa shape index (κ3) is 3.25. The smallest absolute Gasteiger partial charge is 0.263 e. The summed E-state index contributed by atoms with van der Waals surface area (Å²) < 4.78 is 6.87. The molecule has 0 N–H and O–H groups in total. The maximum Gasteiger partial charge on any atom is 0.263 e. The zero-order valence-electron chi connectivity index (χ0n) is 14.8. The molecular weight excluding hydrogens is 366 g/mol. The number of aryl methyl sites for hydroxylation is 3. The molecule has 7 heteroatoms. The topological polar surface area (TPSA) is 60.9 Å². The van der Waals surface area contributed by atoms with E-state index in [4.69, 9.17) is 9.51 Å². The molecule has 1 aliphatic carbocycles. The summed E-state index contributed by atoms with van der Waals surface area (Å²) in [5.74, 6) is 1.41. The summed E-state index contributed by atoms with van der Waals surface area (Å²) in [4.78, 5) is 20.3. The number of fused-ring (bicyclic) bond motifs is 3. The summed E-state index contributed by atoms with van der Waals surface area (Å²) in [5, 5.41) is 5.58. The highest BCUT2D eigenvalue weighted by Crippen LogP contribution is 2.34. The Hall–Kier alpha value is -1.86. The first-order valence-electron chi connectivity index (χ1n) is 8.88. The second-order valence-electron chi connectivity index (χ2n) is 6.56. The standard InChI is InChI=1S/C19H21N3O2S2/c1-3-9-22-18(23)16-14-7-5-4-6-8-15(14)26-17(16)20-19(22)25-11-13-10-12(2)24-21-13/h3,10H,1,4-9,11H2,2H3. The highest BCUT2D eigenvalue weighted by Gasteiger charge is 2.21. The van der Waals surface area contributed by atoms with Crippen LogP contribution in [0.1, 0.15) is 41.2 Å². The van der Waals surface area contributed by atoms with E-state index >= 15 is 0 Å². The Morgan fingerprint density at radius 3 is 3.00 bits per heavy atom. The van der Waals surface area contributed by atoms with Crippen molar-refractivity contribution in [3.8, 4) is 0 Å². The van der Waals surface area contributed by atoms with Crippen molar-refractivity contribution in [2.24, 2.45) is 0 Å². The van der Waals surface area contributed by atoms with Gasteiger partial charge in [0, 0.05) is 23.2 Å². The van der Waals surface area contributed by atoms with Gasteiger partial charge in [-0.25, -0.2) is 4.98 Å². The summed E-state index contributed by atoms with van der Waals surface area (Å²) in [7, 11) is 0. The number of hydrogen-bond donors (Lipinski definition) is 0. The van der Waals surface area contributed by atoms with Gasteiger partial charge >= 0.3 is 0 Å². The van der Waals surface area contributed by atoms with Crippen molar-refractivity contribution in [2.75, 3.05) is 0 Å². The molecule has 3 heterocycles. The highest BCUT2D eigenvalue weighted by molar-refractivity contribution is 7.98. The van der Waals surface area contributed by atoms with Crippen LogP contribution in [0.25, 0.3) is 10.2 Å². The number of hydrogen-bond acceptors (Lipinski definition) is 6. The fraction of sp³-hybridized carbons (Fsp3) is 0.421. The lowest BCUT2D eigenvalue weighted by atomic mass is 10.1. The third-order valence-corrected chi connectivity index (χ3v) is 6.82. The Kier molecular flexibility index (Phi) is 5.00. The van der Waals surface area contributed by atoms with Crippen LogP contribution in [-0.4, -0.2) is 14.7 Å². The molecule has 0 spiro atoms. The zero-order valence-corrected chi connectivity index (χ0v) is 16.4. The van der Waals surface area contributed by atoms with Crippen molar-refractivity contribution in [1.29, 1.82) is 0 Å². The molecule has 0 radical (unpaired) electrons. The third-order valence-electron chi connectivity index (χ3n) is 4.63. The lowest BCUT2D eigenvalue weighted by Crippen LogP contribution is -2.23. The molecule has 0 saturated carbocycles. The molecule has 0 unspecified atom stereocenters. The van der Waals surface area contributed by atoms with Crippen molar-refractivity contribution in [1.82, 2.24) is 14.7 Å². The number of thioether (sulfide) groups is 1. The predicted octanol–water partition coefficient (Wildman–Crippen LogP) is 4.50. The van der Waals surface area contributed by atoms with Crippen molar-refractivity contribution >= 4 is 33.3 Å². The summed E-state index contributed by atoms with van der Waals surface area (Å²) in [6.07, 6.45) is 7.41. The molecule has 3 aromatic heterocycles. The lowest BCUT2D eigenvalue weighted by molar-refractivity contribution is 0.393. The molecule has 5 nitrogen and oxygen atoms in total. The van der Waals surface area contributed by atoms with Gasteiger partial charge in [-0.3, -0.25) is 9.36 Å². The fourth-order valence-corrected chi connectivity index (χ4v) is 5.61. The van der Waals surface area contributed by atoms with Gasteiger partial charge < -0.3 is 4.52 Å². The number of thiophene rings is 1. The first-order valence-corrected chi connectivity index (χ1v) is 10.7. The molecule has 136 valence electrons. The van der Waals surface area contributed by atoms with Crippen LogP contribution in [0.15, 0.2) is 33.2 Å². The predicted molar refractivity (Wildman–Crippen MR) is 106 cm³/mol. The van der Waals surface area contributed by atoms with Crippen molar-refractivity contribution in [2.45, 2.75) is 56.5 Å². The van der Waals surface area contributed by atoms with E-state index in [1.807, 2.05) is 13.0 Å². The van der Waals surface area contributed by atoms with E-state index in [1.165, 1.54) is 35.0 Å². The Morgan fingerprint density at radius 1 is 1.38 bits per heavy atom. The fourth-order valence-electron chi connectivity index (χ4n) is 3.42. The lowest BCUT2D eigenvalue weighted by Gasteiger charge is -2.10. The van der Waals surface area contributed by atoms with Gasteiger partial charge in [0.1, 0.15) is 10.6 Å². The summed E-state index contributed by atoms with van der Waals surface area (Å²) in [6.45, 7) is 6.15. The maximum atomic E-state index is 13.2. The van der Waals surface area contributed by atoms with Crippen molar-refractivity contribution < 1.29 is 4.52 Å². The van der Waals surface area contributed by atoms with E-state index in [0.717, 1.165) is 46.1 Å². The van der Waals surface area contributed by atoms with E-state index in [-0.39, 0.29) is 5.56 Å². The van der Waals surface area contributed by atoms with Gasteiger partial charge in [0.25, 0.3) is 5.56 Å². The van der Waals surface area contributed by atoms with Crippen LogP contribution >= 0.6 is 23.1 Å². The number of nitrogens with zero attached hydrogens (tertiary/aromatic N) is 3. The van der Waals surface area contributed by atoms with Crippen LogP contribution in [-0.2, 0) is 25.1 Å². The maximum absolute atomic E-state index is 13.2. The zero-order chi connectivity index (χ0) is 18.1. The van der Waals surface area contributed by atoms with Gasteiger partial charge in [0.2, 0.25) is 0 Å². The molecule has 0 aromatic carbocycles. The molecule has 0 fully saturated rings. The molecule has 3 aromatic rings. The van der Waals surface area contributed by atoms with Crippen LogP contribution in [0.2, 0.25) is 0 Å². The Balaban J connectivity index is 1.77. The van der Waals surface area contributed by atoms with Crippen LogP contribution in [0, 0.1) is 6.92 Å². The first kappa shape index (κ1) is 17.5. The molecule has 4 rings (SSSR count). The minimum Gasteiger partial charge on any atom is -0.361 e. The normalized spacial score (nSPS) is 14.3. The van der Waals surface area contributed by atoms with Crippen molar-refractivity contribution in [3.63, 3.8) is 0 Å². The van der Waals surface area contributed by atoms with Crippen LogP contribution in [0.3, 0.4) is 0 Å². The molecule has 0 aliphatic heterocycles. The summed E-state index contributed by atoms with van der Waals surface area (Å²) >= 11 is 3.22. The largest absolute Gasteiger partial charge is 0.361 e. The van der Waals surface area contributed by atoms with Gasteiger partial charge in [-0.15, -0.1) is 17.9 Å².